The standard InChI is InChI=1S/C20H24FN5O2/c1-4-8-18-23-19(24-26(18)15-10-6-5-9-14(15)21)20(27)22-13-16(25(2)3)17-11-7-12-28-17/h5-7,9-12,16H,4,8,13H2,1-3H3,(H,22,27). The number of para-hydroxylation sites is 1. The van der Waals surface area contributed by atoms with Gasteiger partial charge in [-0.1, -0.05) is 19.1 Å². The molecule has 0 bridgehead atoms. The molecule has 3 rings (SSSR count). The highest BCUT2D eigenvalue weighted by molar-refractivity contribution is 5.90. The highest BCUT2D eigenvalue weighted by Crippen LogP contribution is 2.18. The Kier molecular flexibility index (Phi) is 6.20. The van der Waals surface area contributed by atoms with Crippen LogP contribution in [0.25, 0.3) is 5.69 Å². The molecule has 0 aliphatic heterocycles. The van der Waals surface area contributed by atoms with E-state index >= 15 is 0 Å². The van der Waals surface area contributed by atoms with Gasteiger partial charge in [0.2, 0.25) is 5.82 Å². The van der Waals surface area contributed by atoms with Crippen molar-refractivity contribution >= 4 is 5.91 Å². The van der Waals surface area contributed by atoms with E-state index in [9.17, 15) is 9.18 Å². The maximum Gasteiger partial charge on any atom is 0.291 e. The Hall–Kier alpha value is -3.00. The van der Waals surface area contributed by atoms with Crippen LogP contribution >= 0.6 is 0 Å². The molecule has 0 spiro atoms. The highest BCUT2D eigenvalue weighted by Gasteiger charge is 2.22. The van der Waals surface area contributed by atoms with Crippen molar-refractivity contribution in [2.75, 3.05) is 20.6 Å². The van der Waals surface area contributed by atoms with Crippen LogP contribution in [0.2, 0.25) is 0 Å². The Morgan fingerprint density at radius 1 is 1.29 bits per heavy atom. The molecule has 0 aliphatic rings. The molecule has 148 valence electrons. The molecule has 1 N–H and O–H groups in total. The zero-order valence-electron chi connectivity index (χ0n) is 16.2. The first-order chi connectivity index (χ1) is 13.5. The fourth-order valence-corrected chi connectivity index (χ4v) is 2.93. The van der Waals surface area contributed by atoms with E-state index in [1.165, 1.54) is 10.7 Å². The summed E-state index contributed by atoms with van der Waals surface area (Å²) in [4.78, 5) is 18.9. The third-order valence-corrected chi connectivity index (χ3v) is 4.38. The number of rotatable bonds is 8. The number of benzene rings is 1. The van der Waals surface area contributed by atoms with E-state index < -0.39 is 11.7 Å². The number of furan rings is 1. The van der Waals surface area contributed by atoms with E-state index in [1.807, 2.05) is 38.1 Å². The van der Waals surface area contributed by atoms with Gasteiger partial charge >= 0.3 is 0 Å². The largest absolute Gasteiger partial charge is 0.468 e. The van der Waals surface area contributed by atoms with Crippen LogP contribution in [0.3, 0.4) is 0 Å². The number of carbonyl (C=O) groups excluding carboxylic acids is 1. The number of aryl methyl sites for hydroxylation is 1. The summed E-state index contributed by atoms with van der Waals surface area (Å²) in [5.41, 5.74) is 0.277. The number of amides is 1. The number of hydrogen-bond donors (Lipinski definition) is 1. The second-order valence-corrected chi connectivity index (χ2v) is 6.67. The molecule has 8 heteroatoms. The third kappa shape index (κ3) is 4.28. The van der Waals surface area contributed by atoms with Crippen molar-refractivity contribution in [1.29, 1.82) is 0 Å². The quantitative estimate of drug-likeness (QED) is 0.645. The van der Waals surface area contributed by atoms with Gasteiger partial charge in [-0.25, -0.2) is 14.1 Å². The molecular weight excluding hydrogens is 361 g/mol. The van der Waals surface area contributed by atoms with Crippen molar-refractivity contribution in [3.63, 3.8) is 0 Å². The number of likely N-dealkylation sites (N-methyl/N-ethyl adjacent to an activating group) is 1. The van der Waals surface area contributed by atoms with Gasteiger partial charge in [-0.05, 0) is 44.8 Å². The van der Waals surface area contributed by atoms with Gasteiger partial charge in [-0.3, -0.25) is 9.69 Å². The first kappa shape index (κ1) is 19.8. The summed E-state index contributed by atoms with van der Waals surface area (Å²) in [7, 11) is 3.81. The van der Waals surface area contributed by atoms with Gasteiger partial charge in [-0.2, -0.15) is 0 Å². The predicted molar refractivity (Wildman–Crippen MR) is 103 cm³/mol. The Balaban J connectivity index is 1.80. The van der Waals surface area contributed by atoms with Crippen LogP contribution in [0.4, 0.5) is 4.39 Å². The normalized spacial score (nSPS) is 12.3. The highest BCUT2D eigenvalue weighted by atomic mass is 19.1. The van der Waals surface area contributed by atoms with Crippen LogP contribution in [-0.2, 0) is 6.42 Å². The van der Waals surface area contributed by atoms with Gasteiger partial charge in [0.1, 0.15) is 23.1 Å². The molecule has 3 aromatic rings. The molecule has 0 fully saturated rings. The second-order valence-electron chi connectivity index (χ2n) is 6.67. The molecule has 1 atom stereocenters. The van der Waals surface area contributed by atoms with Crippen LogP contribution in [0.15, 0.2) is 47.1 Å². The average Bonchev–Trinajstić information content (AvgIpc) is 3.33. The maximum atomic E-state index is 14.2. The fraction of sp³-hybridized carbons (Fsp3) is 0.350. The number of hydrogen-bond acceptors (Lipinski definition) is 5. The number of nitrogens with one attached hydrogen (secondary N) is 1. The lowest BCUT2D eigenvalue weighted by Gasteiger charge is -2.22. The van der Waals surface area contributed by atoms with Crippen LogP contribution in [0.1, 0.15) is 41.6 Å². The molecule has 0 aliphatic carbocycles. The summed E-state index contributed by atoms with van der Waals surface area (Å²) >= 11 is 0. The molecule has 1 unspecified atom stereocenters. The summed E-state index contributed by atoms with van der Waals surface area (Å²) < 4.78 is 21.1. The molecule has 0 saturated carbocycles. The summed E-state index contributed by atoms with van der Waals surface area (Å²) in [6.45, 7) is 2.32. The summed E-state index contributed by atoms with van der Waals surface area (Å²) in [6, 6.07) is 9.85. The Morgan fingerprint density at radius 3 is 2.71 bits per heavy atom. The monoisotopic (exact) mass is 385 g/mol. The summed E-state index contributed by atoms with van der Waals surface area (Å²) in [6.07, 6.45) is 2.99. The van der Waals surface area contributed by atoms with E-state index in [4.69, 9.17) is 4.42 Å². The van der Waals surface area contributed by atoms with E-state index in [0.29, 0.717) is 18.8 Å². The molecule has 28 heavy (non-hydrogen) atoms. The third-order valence-electron chi connectivity index (χ3n) is 4.38. The van der Waals surface area contributed by atoms with Gasteiger partial charge in [0, 0.05) is 13.0 Å². The van der Waals surface area contributed by atoms with Gasteiger partial charge in [0.25, 0.3) is 5.91 Å². The molecule has 0 saturated heterocycles. The SMILES string of the molecule is CCCc1nc(C(=O)NCC(c2ccco2)N(C)C)nn1-c1ccccc1F. The minimum atomic E-state index is -0.415. The molecular formula is C20H24FN5O2. The topological polar surface area (TPSA) is 76.2 Å². The predicted octanol–water partition coefficient (Wildman–Crippen LogP) is 2.98. The molecule has 1 amide bonds. The molecule has 2 aromatic heterocycles. The Bertz CT molecular complexity index is 921. The van der Waals surface area contributed by atoms with E-state index in [1.54, 1.807) is 24.5 Å². The van der Waals surface area contributed by atoms with Gasteiger partial charge < -0.3 is 9.73 Å². The maximum absolute atomic E-state index is 14.2. The van der Waals surface area contributed by atoms with Crippen molar-refractivity contribution in [3.05, 3.63) is 65.9 Å². The minimum Gasteiger partial charge on any atom is -0.468 e. The minimum absolute atomic E-state index is 0.0173. The van der Waals surface area contributed by atoms with Crippen LogP contribution in [-0.4, -0.2) is 46.2 Å². The average molecular weight is 385 g/mol. The molecule has 7 nitrogen and oxygen atoms in total. The van der Waals surface area contributed by atoms with Crippen molar-refractivity contribution in [1.82, 2.24) is 25.0 Å². The van der Waals surface area contributed by atoms with Crippen molar-refractivity contribution in [2.45, 2.75) is 25.8 Å². The van der Waals surface area contributed by atoms with Gasteiger partial charge in [0.05, 0.1) is 12.3 Å². The van der Waals surface area contributed by atoms with E-state index in [2.05, 4.69) is 15.4 Å². The Morgan fingerprint density at radius 2 is 2.07 bits per heavy atom. The number of nitrogens with zero attached hydrogens (tertiary/aromatic N) is 4. The first-order valence-corrected chi connectivity index (χ1v) is 9.20. The van der Waals surface area contributed by atoms with Crippen LogP contribution in [0.5, 0.6) is 0 Å². The summed E-state index contributed by atoms with van der Waals surface area (Å²) in [5.74, 6) is 0.492. The summed E-state index contributed by atoms with van der Waals surface area (Å²) in [5, 5.41) is 7.11. The lowest BCUT2D eigenvalue weighted by Crippen LogP contribution is -2.34. The van der Waals surface area contributed by atoms with E-state index in [0.717, 1.165) is 12.2 Å². The number of halogens is 1. The lowest BCUT2D eigenvalue weighted by molar-refractivity contribution is 0.0928. The van der Waals surface area contributed by atoms with Crippen LogP contribution in [0, 0.1) is 5.82 Å². The van der Waals surface area contributed by atoms with Gasteiger partial charge in [0.15, 0.2) is 0 Å². The lowest BCUT2D eigenvalue weighted by atomic mass is 10.2. The number of carbonyl (C=O) groups is 1. The van der Waals surface area contributed by atoms with Gasteiger partial charge in [-0.15, -0.1) is 5.10 Å². The van der Waals surface area contributed by atoms with Crippen molar-refractivity contribution < 1.29 is 13.6 Å². The van der Waals surface area contributed by atoms with Crippen molar-refractivity contribution in [2.24, 2.45) is 0 Å². The zero-order chi connectivity index (χ0) is 20.1. The fourth-order valence-electron chi connectivity index (χ4n) is 2.93. The zero-order valence-corrected chi connectivity index (χ0v) is 16.2. The van der Waals surface area contributed by atoms with Crippen molar-refractivity contribution in [3.8, 4) is 5.69 Å². The van der Waals surface area contributed by atoms with Crippen LogP contribution < -0.4 is 5.32 Å². The Labute approximate surface area is 163 Å². The molecule has 0 radical (unpaired) electrons. The number of aromatic nitrogens is 3. The smallest absolute Gasteiger partial charge is 0.291 e. The molecule has 2 heterocycles. The molecule has 1 aromatic carbocycles. The first-order valence-electron chi connectivity index (χ1n) is 9.20. The second kappa shape index (κ2) is 8.79. The van der Waals surface area contributed by atoms with E-state index in [-0.39, 0.29) is 17.6 Å².